The molecule has 0 saturated heterocycles. The molecule has 0 unspecified atom stereocenters. The summed E-state index contributed by atoms with van der Waals surface area (Å²) in [6, 6.07) is 0. The molecule has 0 amide bonds. The molecule has 0 radical (unpaired) electrons. The quantitative estimate of drug-likeness (QED) is 0.625. The van der Waals surface area contributed by atoms with Crippen molar-refractivity contribution >= 4 is 12.0 Å². The van der Waals surface area contributed by atoms with Gasteiger partial charge in [0.2, 0.25) is 5.95 Å². The van der Waals surface area contributed by atoms with Crippen molar-refractivity contribution in [1.82, 2.24) is 9.97 Å². The van der Waals surface area contributed by atoms with Gasteiger partial charge in [-0.15, -0.1) is 0 Å². The van der Waals surface area contributed by atoms with Gasteiger partial charge in [-0.25, -0.2) is 9.97 Å². The normalized spacial score (nSPS) is 9.30. The lowest BCUT2D eigenvalue weighted by atomic mass is 10.2. The smallest absolute Gasteiger partial charge is 0.220 e. The molecule has 1 heterocycles. The van der Waals surface area contributed by atoms with Crippen molar-refractivity contribution in [3.63, 3.8) is 0 Å². The molecule has 52 valence electrons. The van der Waals surface area contributed by atoms with E-state index in [0.717, 1.165) is 11.3 Å². The fourth-order valence-corrected chi connectivity index (χ4v) is 0.695. The summed E-state index contributed by atoms with van der Waals surface area (Å²) < 4.78 is 0. The van der Waals surface area contributed by atoms with E-state index in [1.54, 1.807) is 12.3 Å². The maximum atomic E-state index is 5.33. The van der Waals surface area contributed by atoms with Crippen molar-refractivity contribution in [2.45, 2.75) is 6.92 Å². The first kappa shape index (κ1) is 6.74. The van der Waals surface area contributed by atoms with Crippen LogP contribution in [-0.2, 0) is 0 Å². The molecule has 0 aliphatic heterocycles. The lowest BCUT2D eigenvalue weighted by molar-refractivity contribution is 1.11. The van der Waals surface area contributed by atoms with Crippen LogP contribution in [0.15, 0.2) is 12.8 Å². The number of hydrogen-bond donors (Lipinski definition) is 1. The van der Waals surface area contributed by atoms with Gasteiger partial charge in [0.25, 0.3) is 0 Å². The third-order valence-corrected chi connectivity index (χ3v) is 1.26. The molecule has 0 atom stereocenters. The number of aryl methyl sites for hydroxylation is 1. The molecule has 0 spiro atoms. The Morgan fingerprint density at radius 2 is 2.40 bits per heavy atom. The molecule has 1 rings (SSSR count). The highest BCUT2D eigenvalue weighted by molar-refractivity contribution is 5.48. The monoisotopic (exact) mass is 135 g/mol. The van der Waals surface area contributed by atoms with Crippen LogP contribution in [0.2, 0.25) is 0 Å². The average Bonchev–Trinajstić information content (AvgIpc) is 1.88. The molecule has 1 aromatic rings. The van der Waals surface area contributed by atoms with Gasteiger partial charge in [0.15, 0.2) is 0 Å². The van der Waals surface area contributed by atoms with Crippen LogP contribution < -0.4 is 5.73 Å². The van der Waals surface area contributed by atoms with Gasteiger partial charge in [-0.05, 0) is 6.92 Å². The second-order valence-corrected chi connectivity index (χ2v) is 1.97. The fourth-order valence-electron chi connectivity index (χ4n) is 0.695. The Hall–Kier alpha value is -1.38. The van der Waals surface area contributed by atoms with Gasteiger partial charge in [0, 0.05) is 11.8 Å². The first-order chi connectivity index (χ1) is 4.74. The van der Waals surface area contributed by atoms with Crippen molar-refractivity contribution in [1.29, 1.82) is 0 Å². The molecule has 0 saturated carbocycles. The number of hydrogen-bond acceptors (Lipinski definition) is 3. The Bertz CT molecular complexity index is 255. The van der Waals surface area contributed by atoms with Crippen molar-refractivity contribution in [2.75, 3.05) is 5.73 Å². The standard InChI is InChI=1S/C7H9N3/c1-3-6-4-9-7(8)10-5(6)2/h3-4H,1H2,2H3,(H2,8,9,10). The lowest BCUT2D eigenvalue weighted by Gasteiger charge is -1.97. The van der Waals surface area contributed by atoms with Gasteiger partial charge in [0.1, 0.15) is 0 Å². The highest BCUT2D eigenvalue weighted by Gasteiger charge is 1.94. The maximum Gasteiger partial charge on any atom is 0.220 e. The van der Waals surface area contributed by atoms with Gasteiger partial charge in [-0.1, -0.05) is 12.7 Å². The van der Waals surface area contributed by atoms with Crippen LogP contribution in [0.5, 0.6) is 0 Å². The van der Waals surface area contributed by atoms with E-state index in [9.17, 15) is 0 Å². The summed E-state index contributed by atoms with van der Waals surface area (Å²) in [6.07, 6.45) is 3.36. The van der Waals surface area contributed by atoms with Gasteiger partial charge in [0.05, 0.1) is 5.69 Å². The second kappa shape index (κ2) is 2.47. The fraction of sp³-hybridized carbons (Fsp3) is 0.143. The van der Waals surface area contributed by atoms with Crippen molar-refractivity contribution in [3.8, 4) is 0 Å². The van der Waals surface area contributed by atoms with E-state index in [1.807, 2.05) is 6.92 Å². The molecule has 2 N–H and O–H groups in total. The predicted octanol–water partition coefficient (Wildman–Crippen LogP) is 1.01. The average molecular weight is 135 g/mol. The van der Waals surface area contributed by atoms with Crippen molar-refractivity contribution < 1.29 is 0 Å². The number of nitrogens with two attached hydrogens (primary N) is 1. The predicted molar refractivity (Wildman–Crippen MR) is 41.3 cm³/mol. The van der Waals surface area contributed by atoms with E-state index in [-0.39, 0.29) is 0 Å². The summed E-state index contributed by atoms with van der Waals surface area (Å²) in [6.45, 7) is 5.47. The van der Waals surface area contributed by atoms with E-state index in [0.29, 0.717) is 5.95 Å². The Kier molecular flexibility index (Phi) is 1.67. The largest absolute Gasteiger partial charge is 0.368 e. The first-order valence-electron chi connectivity index (χ1n) is 2.95. The molecule has 10 heavy (non-hydrogen) atoms. The minimum atomic E-state index is 0.308. The van der Waals surface area contributed by atoms with Crippen molar-refractivity contribution in [3.05, 3.63) is 24.0 Å². The second-order valence-electron chi connectivity index (χ2n) is 1.97. The number of aromatic nitrogens is 2. The minimum absolute atomic E-state index is 0.308. The Morgan fingerprint density at radius 1 is 1.70 bits per heavy atom. The van der Waals surface area contributed by atoms with Gasteiger partial charge >= 0.3 is 0 Å². The minimum Gasteiger partial charge on any atom is -0.368 e. The van der Waals surface area contributed by atoms with Crippen LogP contribution in [0.1, 0.15) is 11.3 Å². The van der Waals surface area contributed by atoms with E-state index >= 15 is 0 Å². The van der Waals surface area contributed by atoms with Crippen LogP contribution in [0.25, 0.3) is 6.08 Å². The van der Waals surface area contributed by atoms with Crippen LogP contribution in [0.3, 0.4) is 0 Å². The highest BCUT2D eigenvalue weighted by atomic mass is 15.0. The Morgan fingerprint density at radius 3 is 2.90 bits per heavy atom. The molecule has 0 aliphatic carbocycles. The van der Waals surface area contributed by atoms with Crippen LogP contribution in [0, 0.1) is 6.92 Å². The zero-order valence-electron chi connectivity index (χ0n) is 5.83. The summed E-state index contributed by atoms with van der Waals surface area (Å²) in [7, 11) is 0. The van der Waals surface area contributed by atoms with Gasteiger partial charge in [-0.3, -0.25) is 0 Å². The molecule has 0 bridgehead atoms. The zero-order chi connectivity index (χ0) is 7.56. The summed E-state index contributed by atoms with van der Waals surface area (Å²) in [4.78, 5) is 7.75. The molecular formula is C7H9N3. The van der Waals surface area contributed by atoms with E-state index in [2.05, 4.69) is 16.5 Å². The van der Waals surface area contributed by atoms with E-state index < -0.39 is 0 Å². The molecule has 1 aromatic heterocycles. The Labute approximate surface area is 59.6 Å². The number of nitrogen functional groups attached to an aromatic ring is 1. The molecule has 0 aromatic carbocycles. The third-order valence-electron chi connectivity index (χ3n) is 1.26. The highest BCUT2D eigenvalue weighted by Crippen LogP contribution is 2.04. The van der Waals surface area contributed by atoms with Gasteiger partial charge < -0.3 is 5.73 Å². The number of nitrogens with zero attached hydrogens (tertiary/aromatic N) is 2. The summed E-state index contributed by atoms with van der Waals surface area (Å²) >= 11 is 0. The molecular weight excluding hydrogens is 126 g/mol. The zero-order valence-corrected chi connectivity index (χ0v) is 5.83. The molecule has 0 fully saturated rings. The van der Waals surface area contributed by atoms with Crippen LogP contribution >= 0.6 is 0 Å². The first-order valence-corrected chi connectivity index (χ1v) is 2.95. The summed E-state index contributed by atoms with van der Waals surface area (Å²) in [5.41, 5.74) is 7.11. The molecule has 3 nitrogen and oxygen atoms in total. The van der Waals surface area contributed by atoms with E-state index in [1.165, 1.54) is 0 Å². The van der Waals surface area contributed by atoms with E-state index in [4.69, 9.17) is 5.73 Å². The van der Waals surface area contributed by atoms with Crippen LogP contribution in [-0.4, -0.2) is 9.97 Å². The third kappa shape index (κ3) is 1.13. The molecule has 3 heteroatoms. The Balaban J connectivity index is 3.19. The molecule has 0 aliphatic rings. The number of rotatable bonds is 1. The van der Waals surface area contributed by atoms with Crippen molar-refractivity contribution in [2.24, 2.45) is 0 Å². The van der Waals surface area contributed by atoms with Gasteiger partial charge in [-0.2, -0.15) is 0 Å². The lowest BCUT2D eigenvalue weighted by Crippen LogP contribution is -1.97. The SMILES string of the molecule is C=Cc1cnc(N)nc1C. The maximum absolute atomic E-state index is 5.33. The topological polar surface area (TPSA) is 51.8 Å². The summed E-state index contributed by atoms with van der Waals surface area (Å²) in [5.74, 6) is 0.308. The number of anilines is 1. The summed E-state index contributed by atoms with van der Waals surface area (Å²) in [5, 5.41) is 0. The van der Waals surface area contributed by atoms with Crippen LogP contribution in [0.4, 0.5) is 5.95 Å².